The average molecular weight is 635 g/mol. The molecule has 3 aliphatic rings. The number of hydrogen-bond donors (Lipinski definition) is 1. The lowest BCUT2D eigenvalue weighted by Gasteiger charge is -2.36. The number of nitrogens with zero attached hydrogens (tertiary/aromatic N) is 3. The molecule has 0 aliphatic carbocycles. The van der Waals surface area contributed by atoms with Gasteiger partial charge in [-0.05, 0) is 55.2 Å². The number of amides is 4. The summed E-state index contributed by atoms with van der Waals surface area (Å²) in [4.78, 5) is 59.6. The first-order valence-corrected chi connectivity index (χ1v) is 16.0. The van der Waals surface area contributed by atoms with Gasteiger partial charge in [0.05, 0.1) is 36.4 Å². The molecular weight excluding hydrogens is 596 g/mol. The Morgan fingerprint density at radius 3 is 2.32 bits per heavy atom. The predicted molar refractivity (Wildman–Crippen MR) is 175 cm³/mol. The number of carbonyl (C=O) groups is 4. The maximum Gasteiger partial charge on any atom is 0.322 e. The van der Waals surface area contributed by atoms with Crippen LogP contribution in [0, 0.1) is 5.92 Å². The van der Waals surface area contributed by atoms with Crippen LogP contribution in [0.1, 0.15) is 43.0 Å². The summed E-state index contributed by atoms with van der Waals surface area (Å²) in [5.41, 5.74) is 2.28. The van der Waals surface area contributed by atoms with Gasteiger partial charge in [0.2, 0.25) is 5.91 Å². The number of rotatable bonds is 10. The largest absolute Gasteiger partial charge is 0.466 e. The van der Waals surface area contributed by atoms with Gasteiger partial charge < -0.3 is 24.6 Å². The summed E-state index contributed by atoms with van der Waals surface area (Å²) in [7, 11) is 0. The van der Waals surface area contributed by atoms with E-state index < -0.39 is 12.1 Å². The van der Waals surface area contributed by atoms with E-state index in [2.05, 4.69) is 11.9 Å². The molecule has 1 N–H and O–H groups in total. The van der Waals surface area contributed by atoms with E-state index in [1.807, 2.05) is 84.9 Å². The summed E-state index contributed by atoms with van der Waals surface area (Å²) in [5.74, 6) is 0.156. The van der Waals surface area contributed by atoms with Gasteiger partial charge in [0.15, 0.2) is 0 Å². The topological polar surface area (TPSA) is 108 Å². The van der Waals surface area contributed by atoms with E-state index in [1.165, 1.54) is 4.90 Å². The van der Waals surface area contributed by atoms with Crippen molar-refractivity contribution < 1.29 is 28.7 Å². The number of urea groups is 1. The van der Waals surface area contributed by atoms with Gasteiger partial charge in [-0.15, -0.1) is 6.58 Å². The second-order valence-electron chi connectivity index (χ2n) is 11.7. The zero-order valence-electron chi connectivity index (χ0n) is 26.3. The molecule has 2 atom stereocenters. The molecule has 0 radical (unpaired) electrons. The second kappa shape index (κ2) is 13.9. The summed E-state index contributed by atoms with van der Waals surface area (Å²) < 4.78 is 11.3. The van der Waals surface area contributed by atoms with Crippen molar-refractivity contribution in [3.8, 4) is 11.5 Å². The number of esters is 1. The van der Waals surface area contributed by atoms with Gasteiger partial charge in [-0.25, -0.2) is 4.79 Å². The fourth-order valence-electron chi connectivity index (χ4n) is 6.54. The second-order valence-corrected chi connectivity index (χ2v) is 11.7. The zero-order valence-corrected chi connectivity index (χ0v) is 26.3. The van der Waals surface area contributed by atoms with Gasteiger partial charge in [-0.1, -0.05) is 66.7 Å². The van der Waals surface area contributed by atoms with Crippen molar-refractivity contribution in [2.75, 3.05) is 32.8 Å². The summed E-state index contributed by atoms with van der Waals surface area (Å²) >= 11 is 0. The third-order valence-corrected chi connectivity index (χ3v) is 8.82. The molecule has 4 amide bonds. The summed E-state index contributed by atoms with van der Waals surface area (Å²) in [6, 6.07) is 23.8. The van der Waals surface area contributed by atoms with Gasteiger partial charge in [0.25, 0.3) is 5.91 Å². The van der Waals surface area contributed by atoms with Gasteiger partial charge in [-0.3, -0.25) is 19.3 Å². The van der Waals surface area contributed by atoms with E-state index in [0.29, 0.717) is 66.4 Å². The van der Waals surface area contributed by atoms with Crippen LogP contribution in [0.5, 0.6) is 11.5 Å². The molecule has 0 unspecified atom stereocenters. The monoisotopic (exact) mass is 634 g/mol. The van der Waals surface area contributed by atoms with E-state index in [4.69, 9.17) is 9.47 Å². The van der Waals surface area contributed by atoms with Crippen molar-refractivity contribution in [3.63, 3.8) is 0 Å². The minimum absolute atomic E-state index is 0.0662. The SMILES string of the molecule is C=CCN1C(=O)N[C@H](c2cccc(Oc3ccccc3)c2)C2=C1CN([C@H](C(=O)N1CCC(C(=O)OCC)CC1)c1ccccc1)C2=O. The number of carbonyl (C=O) groups excluding carboxylic acids is 4. The van der Waals surface area contributed by atoms with Crippen LogP contribution in [-0.4, -0.2) is 71.3 Å². The average Bonchev–Trinajstić information content (AvgIpc) is 3.43. The molecule has 0 spiro atoms. The zero-order chi connectivity index (χ0) is 32.9. The minimum atomic E-state index is -0.928. The van der Waals surface area contributed by atoms with Gasteiger partial charge in [0, 0.05) is 19.6 Å². The van der Waals surface area contributed by atoms with Crippen LogP contribution in [0.25, 0.3) is 0 Å². The first-order chi connectivity index (χ1) is 22.9. The van der Waals surface area contributed by atoms with Crippen LogP contribution in [0.4, 0.5) is 4.79 Å². The Morgan fingerprint density at radius 2 is 1.64 bits per heavy atom. The van der Waals surface area contributed by atoms with Crippen LogP contribution < -0.4 is 10.1 Å². The molecule has 3 aromatic rings. The van der Waals surface area contributed by atoms with Gasteiger partial charge >= 0.3 is 12.0 Å². The number of nitrogens with one attached hydrogen (secondary N) is 1. The quantitative estimate of drug-likeness (QED) is 0.237. The molecule has 3 heterocycles. The maximum atomic E-state index is 14.6. The first kappa shape index (κ1) is 31.6. The molecule has 6 rings (SSSR count). The fourth-order valence-corrected chi connectivity index (χ4v) is 6.54. The van der Waals surface area contributed by atoms with Crippen molar-refractivity contribution in [1.29, 1.82) is 0 Å². The Balaban J connectivity index is 1.32. The summed E-state index contributed by atoms with van der Waals surface area (Å²) in [6.07, 6.45) is 2.59. The Labute approximate surface area is 274 Å². The number of para-hydroxylation sites is 1. The van der Waals surface area contributed by atoms with Crippen LogP contribution >= 0.6 is 0 Å². The summed E-state index contributed by atoms with van der Waals surface area (Å²) in [5, 5.41) is 3.02. The Kier molecular flexibility index (Phi) is 9.37. The Hall–Kier alpha value is -5.38. The van der Waals surface area contributed by atoms with Crippen LogP contribution in [0.2, 0.25) is 0 Å². The predicted octanol–water partition coefficient (Wildman–Crippen LogP) is 5.37. The van der Waals surface area contributed by atoms with E-state index >= 15 is 0 Å². The number of hydrogen-bond acceptors (Lipinski definition) is 6. The van der Waals surface area contributed by atoms with Crippen molar-refractivity contribution in [2.45, 2.75) is 31.8 Å². The Bertz CT molecular complexity index is 1680. The van der Waals surface area contributed by atoms with Crippen molar-refractivity contribution in [3.05, 3.63) is 120 Å². The molecule has 0 saturated carbocycles. The number of piperidine rings is 1. The number of likely N-dealkylation sites (tertiary alicyclic amines) is 1. The third kappa shape index (κ3) is 6.49. The lowest BCUT2D eigenvalue weighted by Crippen LogP contribution is -2.48. The number of ether oxygens (including phenoxy) is 2. The molecule has 1 fully saturated rings. The Morgan fingerprint density at radius 1 is 0.957 bits per heavy atom. The molecule has 3 aliphatic heterocycles. The van der Waals surface area contributed by atoms with Crippen LogP contribution in [0.3, 0.4) is 0 Å². The van der Waals surface area contributed by atoms with Crippen molar-refractivity contribution in [1.82, 2.24) is 20.0 Å². The van der Waals surface area contributed by atoms with E-state index in [1.54, 1.807) is 22.8 Å². The van der Waals surface area contributed by atoms with Crippen molar-refractivity contribution >= 4 is 23.8 Å². The first-order valence-electron chi connectivity index (χ1n) is 16.0. The van der Waals surface area contributed by atoms with E-state index in [0.717, 1.165) is 0 Å². The molecule has 1 saturated heterocycles. The van der Waals surface area contributed by atoms with Gasteiger partial charge in [0.1, 0.15) is 17.5 Å². The molecule has 3 aromatic carbocycles. The maximum absolute atomic E-state index is 14.6. The smallest absolute Gasteiger partial charge is 0.322 e. The van der Waals surface area contributed by atoms with Crippen LogP contribution in [0.15, 0.2) is 109 Å². The summed E-state index contributed by atoms with van der Waals surface area (Å²) in [6.45, 7) is 6.92. The number of benzene rings is 3. The normalized spacial score (nSPS) is 18.8. The fraction of sp³-hybridized carbons (Fsp3) is 0.297. The van der Waals surface area contributed by atoms with E-state index in [9.17, 15) is 19.2 Å². The minimum Gasteiger partial charge on any atom is -0.466 e. The molecule has 242 valence electrons. The molecule has 10 nitrogen and oxygen atoms in total. The lowest BCUT2D eigenvalue weighted by atomic mass is 9.94. The molecule has 47 heavy (non-hydrogen) atoms. The third-order valence-electron chi connectivity index (χ3n) is 8.82. The van der Waals surface area contributed by atoms with Crippen LogP contribution in [-0.2, 0) is 19.1 Å². The highest BCUT2D eigenvalue weighted by molar-refractivity contribution is 6.04. The molecule has 0 aromatic heterocycles. The highest BCUT2D eigenvalue weighted by Gasteiger charge is 2.48. The highest BCUT2D eigenvalue weighted by atomic mass is 16.5. The standard InChI is InChI=1S/C37H38N4O6/c1-3-20-40-30-24-41(33(25-12-7-5-8-13-25)35(43)39-21-18-26(19-22-39)36(44)46-4-2)34(42)31(30)32(38-37(40)45)27-14-11-17-29(23-27)47-28-15-9-6-10-16-28/h3,5-17,23,26,32-33H,1,4,18-22,24H2,2H3,(H,38,45)/t32-,33+/m1/s1. The van der Waals surface area contributed by atoms with Gasteiger partial charge in [-0.2, -0.15) is 0 Å². The molecule has 10 heteroatoms. The molecule has 0 bridgehead atoms. The lowest BCUT2D eigenvalue weighted by molar-refractivity contribution is -0.152. The molecular formula is C37H38N4O6. The van der Waals surface area contributed by atoms with E-state index in [-0.39, 0.29) is 42.8 Å². The van der Waals surface area contributed by atoms with Crippen molar-refractivity contribution in [2.24, 2.45) is 5.92 Å². The highest BCUT2D eigenvalue weighted by Crippen LogP contribution is 2.41.